The molecule has 3 heterocycles. The maximum atomic E-state index is 12.8. The molecule has 0 saturated carbocycles. The number of carbonyl (C=O) groups excluding carboxylic acids is 2. The number of nitrogens with zero attached hydrogens (tertiary/aromatic N) is 4. The van der Waals surface area contributed by atoms with Crippen molar-refractivity contribution >= 4 is 33.4 Å². The molecule has 0 bridgehead atoms. The summed E-state index contributed by atoms with van der Waals surface area (Å²) in [6, 6.07) is 7.39. The predicted molar refractivity (Wildman–Crippen MR) is 107 cm³/mol. The zero-order chi connectivity index (χ0) is 19.5. The third-order valence-corrected chi connectivity index (χ3v) is 6.12. The Kier molecular flexibility index (Phi) is 5.43. The minimum Gasteiger partial charge on any atom is -0.497 e. The summed E-state index contributed by atoms with van der Waals surface area (Å²) in [6.07, 6.45) is 3.13. The van der Waals surface area contributed by atoms with Crippen LogP contribution >= 0.6 is 11.3 Å². The number of anilines is 2. The zero-order valence-corrected chi connectivity index (χ0v) is 16.6. The Bertz CT molecular complexity index is 854. The van der Waals surface area contributed by atoms with Gasteiger partial charge in [-0.05, 0) is 37.0 Å². The van der Waals surface area contributed by atoms with E-state index in [0.29, 0.717) is 29.8 Å². The van der Waals surface area contributed by atoms with E-state index in [-0.39, 0.29) is 17.9 Å². The third-order valence-electron chi connectivity index (χ3n) is 5.13. The van der Waals surface area contributed by atoms with Crippen LogP contribution in [0.3, 0.4) is 0 Å². The molecule has 4 rings (SSSR count). The second-order valence-corrected chi connectivity index (χ2v) is 7.87. The van der Waals surface area contributed by atoms with Gasteiger partial charge in [0.25, 0.3) is 0 Å². The lowest BCUT2D eigenvalue weighted by Gasteiger charge is -2.22. The Morgan fingerprint density at radius 3 is 2.71 bits per heavy atom. The number of ether oxygens (including phenoxy) is 1. The van der Waals surface area contributed by atoms with Crippen molar-refractivity contribution < 1.29 is 14.3 Å². The van der Waals surface area contributed by atoms with E-state index in [9.17, 15) is 9.59 Å². The van der Waals surface area contributed by atoms with Crippen molar-refractivity contribution in [3.63, 3.8) is 0 Å². The van der Waals surface area contributed by atoms with Gasteiger partial charge in [0, 0.05) is 26.1 Å². The first kappa shape index (κ1) is 18.7. The van der Waals surface area contributed by atoms with Crippen LogP contribution < -0.4 is 19.9 Å². The van der Waals surface area contributed by atoms with Gasteiger partial charge in [-0.15, -0.1) is 10.2 Å². The molecule has 2 fully saturated rings. The van der Waals surface area contributed by atoms with Gasteiger partial charge < -0.3 is 15.0 Å². The normalized spacial score (nSPS) is 19.3. The highest BCUT2D eigenvalue weighted by Gasteiger charge is 2.34. The van der Waals surface area contributed by atoms with Gasteiger partial charge in [-0.1, -0.05) is 23.5 Å². The van der Waals surface area contributed by atoms with Crippen LogP contribution in [0.15, 0.2) is 24.3 Å². The Labute approximate surface area is 167 Å². The highest BCUT2D eigenvalue weighted by Crippen LogP contribution is 2.33. The van der Waals surface area contributed by atoms with Crippen molar-refractivity contribution in [3.05, 3.63) is 29.8 Å². The van der Waals surface area contributed by atoms with E-state index in [4.69, 9.17) is 4.74 Å². The molecule has 2 aromatic rings. The summed E-state index contributed by atoms with van der Waals surface area (Å²) in [5.74, 6) is 0.876. The van der Waals surface area contributed by atoms with Gasteiger partial charge in [0.05, 0.1) is 7.11 Å². The molecular formula is C19H23N5O3S. The van der Waals surface area contributed by atoms with E-state index in [1.807, 2.05) is 29.2 Å². The third kappa shape index (κ3) is 3.80. The first-order valence-electron chi connectivity index (χ1n) is 9.47. The molecule has 0 aliphatic carbocycles. The maximum absolute atomic E-state index is 12.8. The molecule has 28 heavy (non-hydrogen) atoms. The molecule has 148 valence electrons. The van der Waals surface area contributed by atoms with Gasteiger partial charge >= 0.3 is 0 Å². The summed E-state index contributed by atoms with van der Waals surface area (Å²) in [5.41, 5.74) is 1.02. The summed E-state index contributed by atoms with van der Waals surface area (Å²) in [6.45, 7) is 1.93. The monoisotopic (exact) mass is 401 g/mol. The van der Waals surface area contributed by atoms with Crippen molar-refractivity contribution in [1.82, 2.24) is 15.5 Å². The molecule has 0 radical (unpaired) electrons. The smallest absolute Gasteiger partial charge is 0.243 e. The van der Waals surface area contributed by atoms with Crippen molar-refractivity contribution in [2.75, 3.05) is 30.0 Å². The van der Waals surface area contributed by atoms with Crippen LogP contribution in [0.2, 0.25) is 0 Å². The van der Waals surface area contributed by atoms with Gasteiger partial charge in [0.1, 0.15) is 11.8 Å². The number of rotatable bonds is 6. The quantitative estimate of drug-likeness (QED) is 0.796. The number of aromatic nitrogens is 2. The standard InChI is InChI=1S/C19H23N5O3S/c1-27-14-8-6-13(7-9-14)12-20-17(26)15-4-2-10-23(15)18-21-22-19(28-18)24-11-3-5-16(24)25/h6-9,15H,2-5,10-12H2,1H3,(H,20,26). The summed E-state index contributed by atoms with van der Waals surface area (Å²) >= 11 is 1.39. The molecule has 8 nitrogen and oxygen atoms in total. The molecule has 9 heteroatoms. The van der Waals surface area contributed by atoms with Crippen LogP contribution in [0.25, 0.3) is 0 Å². The molecule has 0 spiro atoms. The van der Waals surface area contributed by atoms with Crippen LogP contribution in [0.5, 0.6) is 5.75 Å². The first-order chi connectivity index (χ1) is 13.7. The zero-order valence-electron chi connectivity index (χ0n) is 15.8. The first-order valence-corrected chi connectivity index (χ1v) is 10.3. The summed E-state index contributed by atoms with van der Waals surface area (Å²) in [7, 11) is 1.63. The van der Waals surface area contributed by atoms with E-state index < -0.39 is 0 Å². The van der Waals surface area contributed by atoms with E-state index in [0.717, 1.165) is 37.1 Å². The lowest BCUT2D eigenvalue weighted by molar-refractivity contribution is -0.122. The molecular weight excluding hydrogens is 378 g/mol. The number of amides is 2. The van der Waals surface area contributed by atoms with E-state index >= 15 is 0 Å². The molecule has 1 N–H and O–H groups in total. The average molecular weight is 401 g/mol. The van der Waals surface area contributed by atoms with Crippen LogP contribution in [-0.2, 0) is 16.1 Å². The number of nitrogens with one attached hydrogen (secondary N) is 1. The number of carbonyl (C=O) groups is 2. The Morgan fingerprint density at radius 2 is 2.00 bits per heavy atom. The fourth-order valence-electron chi connectivity index (χ4n) is 3.60. The van der Waals surface area contributed by atoms with Crippen molar-refractivity contribution in [2.24, 2.45) is 0 Å². The van der Waals surface area contributed by atoms with E-state index in [1.54, 1.807) is 12.0 Å². The fourth-order valence-corrected chi connectivity index (χ4v) is 4.57. The van der Waals surface area contributed by atoms with Gasteiger partial charge in [-0.3, -0.25) is 14.5 Å². The molecule has 2 aliphatic rings. The van der Waals surface area contributed by atoms with Crippen LogP contribution in [-0.4, -0.2) is 48.3 Å². The number of hydrogen-bond acceptors (Lipinski definition) is 7. The van der Waals surface area contributed by atoms with Gasteiger partial charge in [0.2, 0.25) is 22.1 Å². The Hall–Kier alpha value is -2.68. The lowest BCUT2D eigenvalue weighted by Crippen LogP contribution is -2.43. The van der Waals surface area contributed by atoms with E-state index in [1.165, 1.54) is 11.3 Å². The molecule has 1 atom stereocenters. The van der Waals surface area contributed by atoms with Crippen molar-refractivity contribution in [2.45, 2.75) is 38.3 Å². The van der Waals surface area contributed by atoms with E-state index in [2.05, 4.69) is 15.5 Å². The van der Waals surface area contributed by atoms with Crippen molar-refractivity contribution in [1.29, 1.82) is 0 Å². The number of hydrogen-bond donors (Lipinski definition) is 1. The molecule has 2 aliphatic heterocycles. The molecule has 2 saturated heterocycles. The maximum Gasteiger partial charge on any atom is 0.243 e. The molecule has 1 aromatic carbocycles. The molecule has 1 unspecified atom stereocenters. The fraction of sp³-hybridized carbons (Fsp3) is 0.474. The van der Waals surface area contributed by atoms with Crippen LogP contribution in [0.1, 0.15) is 31.2 Å². The predicted octanol–water partition coefficient (Wildman–Crippen LogP) is 1.96. The Balaban J connectivity index is 1.39. The largest absolute Gasteiger partial charge is 0.497 e. The topological polar surface area (TPSA) is 87.7 Å². The van der Waals surface area contributed by atoms with Gasteiger partial charge in [-0.25, -0.2) is 0 Å². The summed E-state index contributed by atoms with van der Waals surface area (Å²) < 4.78 is 5.15. The average Bonchev–Trinajstić information content (AvgIpc) is 3.46. The minimum absolute atomic E-state index is 0.0117. The highest BCUT2D eigenvalue weighted by molar-refractivity contribution is 7.19. The van der Waals surface area contributed by atoms with Crippen molar-refractivity contribution in [3.8, 4) is 5.75 Å². The molecule has 1 aromatic heterocycles. The van der Waals surface area contributed by atoms with Crippen LogP contribution in [0.4, 0.5) is 10.3 Å². The number of methoxy groups -OCH3 is 1. The van der Waals surface area contributed by atoms with Gasteiger partial charge in [0.15, 0.2) is 0 Å². The summed E-state index contributed by atoms with van der Waals surface area (Å²) in [4.78, 5) is 28.4. The SMILES string of the molecule is COc1ccc(CNC(=O)C2CCCN2c2nnc(N3CCCC3=O)s2)cc1. The second kappa shape index (κ2) is 8.14. The Morgan fingerprint density at radius 1 is 1.21 bits per heavy atom. The molecule has 2 amide bonds. The van der Waals surface area contributed by atoms with Gasteiger partial charge in [-0.2, -0.15) is 0 Å². The van der Waals surface area contributed by atoms with Crippen LogP contribution in [0, 0.1) is 0 Å². The second-order valence-electron chi connectivity index (χ2n) is 6.93. The number of benzene rings is 1. The minimum atomic E-state index is -0.256. The lowest BCUT2D eigenvalue weighted by atomic mass is 10.2. The summed E-state index contributed by atoms with van der Waals surface area (Å²) in [5, 5.41) is 12.8. The highest BCUT2D eigenvalue weighted by atomic mass is 32.1.